The molecule has 0 fully saturated rings. The molecule has 1 aromatic carbocycles. The van der Waals surface area contributed by atoms with Gasteiger partial charge in [-0.05, 0) is 34.7 Å². The SMILES string of the molecule is COc1c(F)cc(C(=O)CBr)cc1I. The second kappa shape index (κ2) is 5.06. The predicted molar refractivity (Wildman–Crippen MR) is 63.8 cm³/mol. The van der Waals surface area contributed by atoms with Gasteiger partial charge >= 0.3 is 0 Å². The minimum Gasteiger partial charge on any atom is -0.493 e. The first-order valence-electron chi connectivity index (χ1n) is 3.72. The van der Waals surface area contributed by atoms with Crippen LogP contribution >= 0.6 is 38.5 Å². The van der Waals surface area contributed by atoms with Crippen molar-refractivity contribution in [2.45, 2.75) is 0 Å². The van der Waals surface area contributed by atoms with Crippen molar-refractivity contribution in [2.75, 3.05) is 12.4 Å². The standard InChI is InChI=1S/C9H7BrFIO2/c1-14-9-6(11)2-5(3-7(9)12)8(13)4-10/h2-3H,4H2,1H3. The van der Waals surface area contributed by atoms with Gasteiger partial charge in [-0.15, -0.1) is 0 Å². The minimum absolute atomic E-state index is 0.149. The lowest BCUT2D eigenvalue weighted by Crippen LogP contribution is -2.03. The molecule has 0 aliphatic heterocycles. The number of carbonyl (C=O) groups is 1. The quantitative estimate of drug-likeness (QED) is 0.463. The molecule has 1 rings (SSSR count). The Morgan fingerprint density at radius 2 is 2.29 bits per heavy atom. The van der Waals surface area contributed by atoms with E-state index in [9.17, 15) is 9.18 Å². The highest BCUT2D eigenvalue weighted by atomic mass is 127. The van der Waals surface area contributed by atoms with Crippen LogP contribution in [0.4, 0.5) is 4.39 Å². The van der Waals surface area contributed by atoms with Gasteiger partial charge in [0.05, 0.1) is 16.0 Å². The Hall–Kier alpha value is -0.170. The second-order valence-corrected chi connectivity index (χ2v) is 4.25. The van der Waals surface area contributed by atoms with Crippen molar-refractivity contribution < 1.29 is 13.9 Å². The first-order chi connectivity index (χ1) is 6.60. The molecule has 5 heteroatoms. The average Bonchev–Trinajstić information content (AvgIpc) is 2.16. The maximum atomic E-state index is 13.3. The molecule has 0 radical (unpaired) electrons. The Bertz CT molecular complexity index is 345. The third kappa shape index (κ3) is 2.44. The van der Waals surface area contributed by atoms with E-state index in [4.69, 9.17) is 4.74 Å². The highest BCUT2D eigenvalue weighted by molar-refractivity contribution is 14.1. The molecule has 0 amide bonds. The second-order valence-electron chi connectivity index (χ2n) is 2.53. The summed E-state index contributed by atoms with van der Waals surface area (Å²) >= 11 is 4.96. The van der Waals surface area contributed by atoms with Gasteiger partial charge < -0.3 is 4.74 Å². The van der Waals surface area contributed by atoms with Gasteiger partial charge in [-0.25, -0.2) is 4.39 Å². The van der Waals surface area contributed by atoms with Crippen molar-refractivity contribution in [1.29, 1.82) is 0 Å². The van der Waals surface area contributed by atoms with Crippen LogP contribution in [0.25, 0.3) is 0 Å². The van der Waals surface area contributed by atoms with E-state index in [1.54, 1.807) is 6.07 Å². The molecule has 0 aliphatic rings. The highest BCUT2D eigenvalue weighted by Crippen LogP contribution is 2.26. The van der Waals surface area contributed by atoms with Crippen LogP contribution in [0.15, 0.2) is 12.1 Å². The van der Waals surface area contributed by atoms with Crippen molar-refractivity contribution in [3.8, 4) is 5.75 Å². The first kappa shape index (κ1) is 11.9. The summed E-state index contributed by atoms with van der Waals surface area (Å²) in [6.45, 7) is 0. The van der Waals surface area contributed by atoms with Crippen LogP contribution in [0.2, 0.25) is 0 Å². The molecule has 0 saturated heterocycles. The topological polar surface area (TPSA) is 26.3 Å². The molecule has 1 aromatic rings. The number of ether oxygens (including phenoxy) is 1. The molecule has 2 nitrogen and oxygen atoms in total. The molecule has 76 valence electrons. The molecule has 14 heavy (non-hydrogen) atoms. The van der Waals surface area contributed by atoms with E-state index >= 15 is 0 Å². The van der Waals surface area contributed by atoms with Crippen LogP contribution in [0.5, 0.6) is 5.75 Å². The van der Waals surface area contributed by atoms with Gasteiger partial charge in [-0.2, -0.15) is 0 Å². The average molecular weight is 373 g/mol. The Morgan fingerprint density at radius 1 is 1.64 bits per heavy atom. The number of hydrogen-bond donors (Lipinski definition) is 0. The number of rotatable bonds is 3. The summed E-state index contributed by atoms with van der Waals surface area (Å²) in [7, 11) is 1.40. The number of methoxy groups -OCH3 is 1. The van der Waals surface area contributed by atoms with Gasteiger partial charge in [-0.1, -0.05) is 15.9 Å². The normalized spacial score (nSPS) is 10.0. The van der Waals surface area contributed by atoms with E-state index in [-0.39, 0.29) is 16.9 Å². The number of benzene rings is 1. The third-order valence-electron chi connectivity index (χ3n) is 1.65. The third-order valence-corrected chi connectivity index (χ3v) is 2.96. The lowest BCUT2D eigenvalue weighted by Gasteiger charge is -2.06. The zero-order valence-corrected chi connectivity index (χ0v) is 11.1. The molecule has 0 saturated carbocycles. The van der Waals surface area contributed by atoms with Crippen LogP contribution in [-0.2, 0) is 0 Å². The molecule has 0 spiro atoms. The largest absolute Gasteiger partial charge is 0.493 e. The number of alkyl halides is 1. The van der Waals surface area contributed by atoms with Gasteiger partial charge in [0.2, 0.25) is 0 Å². The van der Waals surface area contributed by atoms with Gasteiger partial charge in [0.1, 0.15) is 0 Å². The molecular weight excluding hydrogens is 366 g/mol. The molecule has 0 N–H and O–H groups in total. The fourth-order valence-corrected chi connectivity index (χ4v) is 2.13. The summed E-state index contributed by atoms with van der Waals surface area (Å²) < 4.78 is 18.7. The number of carbonyl (C=O) groups excluding carboxylic acids is 1. The van der Waals surface area contributed by atoms with Crippen molar-refractivity contribution in [3.63, 3.8) is 0 Å². The predicted octanol–water partition coefficient (Wildman–Crippen LogP) is 3.02. The highest BCUT2D eigenvalue weighted by Gasteiger charge is 2.13. The van der Waals surface area contributed by atoms with E-state index in [1.807, 2.05) is 22.6 Å². The Labute approximate surface area is 103 Å². The number of Topliss-reactive ketones (excluding diaryl/α,β-unsaturated/α-hetero) is 1. The van der Waals surface area contributed by atoms with Crippen LogP contribution in [0, 0.1) is 9.39 Å². The molecule has 0 atom stereocenters. The molecule has 0 unspecified atom stereocenters. The number of ketones is 1. The van der Waals surface area contributed by atoms with E-state index in [0.29, 0.717) is 9.13 Å². The van der Waals surface area contributed by atoms with E-state index in [1.165, 1.54) is 13.2 Å². The molecule has 0 heterocycles. The lowest BCUT2D eigenvalue weighted by atomic mass is 10.1. The molecule has 0 bridgehead atoms. The number of hydrogen-bond acceptors (Lipinski definition) is 2. The van der Waals surface area contributed by atoms with Crippen LogP contribution < -0.4 is 4.74 Å². The molecule has 0 aliphatic carbocycles. The molecule has 0 aromatic heterocycles. The van der Waals surface area contributed by atoms with Crippen molar-refractivity contribution >= 4 is 44.3 Å². The Balaban J connectivity index is 3.20. The monoisotopic (exact) mass is 372 g/mol. The van der Waals surface area contributed by atoms with Gasteiger partial charge in [0.25, 0.3) is 0 Å². The van der Waals surface area contributed by atoms with Crippen LogP contribution in [0.3, 0.4) is 0 Å². The van der Waals surface area contributed by atoms with E-state index in [0.717, 1.165) is 0 Å². The number of halogens is 3. The van der Waals surface area contributed by atoms with Crippen LogP contribution in [0.1, 0.15) is 10.4 Å². The van der Waals surface area contributed by atoms with Crippen LogP contribution in [-0.4, -0.2) is 18.2 Å². The van der Waals surface area contributed by atoms with Crippen molar-refractivity contribution in [3.05, 3.63) is 27.1 Å². The fraction of sp³-hybridized carbons (Fsp3) is 0.222. The van der Waals surface area contributed by atoms with Gasteiger partial charge in [0.15, 0.2) is 17.3 Å². The zero-order chi connectivity index (χ0) is 10.7. The van der Waals surface area contributed by atoms with Crippen molar-refractivity contribution in [2.24, 2.45) is 0 Å². The van der Waals surface area contributed by atoms with Crippen molar-refractivity contribution in [1.82, 2.24) is 0 Å². The lowest BCUT2D eigenvalue weighted by molar-refractivity contribution is 0.102. The summed E-state index contributed by atoms with van der Waals surface area (Å²) in [5.74, 6) is -0.482. The first-order valence-corrected chi connectivity index (χ1v) is 5.92. The summed E-state index contributed by atoms with van der Waals surface area (Å²) in [5.41, 5.74) is 0.351. The Kier molecular flexibility index (Phi) is 4.31. The summed E-state index contributed by atoms with van der Waals surface area (Å²) in [6, 6.07) is 2.79. The van der Waals surface area contributed by atoms with E-state index < -0.39 is 5.82 Å². The molecular formula is C9H7BrFIO2. The van der Waals surface area contributed by atoms with Gasteiger partial charge in [0, 0.05) is 5.56 Å². The zero-order valence-electron chi connectivity index (χ0n) is 7.31. The summed E-state index contributed by atoms with van der Waals surface area (Å²) in [6.07, 6.45) is 0. The maximum Gasteiger partial charge on any atom is 0.173 e. The fourth-order valence-electron chi connectivity index (χ4n) is 0.993. The van der Waals surface area contributed by atoms with Gasteiger partial charge in [-0.3, -0.25) is 4.79 Å². The Morgan fingerprint density at radius 3 is 2.71 bits per heavy atom. The summed E-state index contributed by atoms with van der Waals surface area (Å²) in [5, 5.41) is 0.189. The minimum atomic E-state index is -0.510. The smallest absolute Gasteiger partial charge is 0.173 e. The maximum absolute atomic E-state index is 13.3. The van der Waals surface area contributed by atoms with E-state index in [2.05, 4.69) is 15.9 Å². The summed E-state index contributed by atoms with van der Waals surface area (Å²) in [4.78, 5) is 11.3.